The van der Waals surface area contributed by atoms with Gasteiger partial charge in [0.1, 0.15) is 5.58 Å². The molecule has 0 saturated carbocycles. The second kappa shape index (κ2) is 8.10. The monoisotopic (exact) mass is 404 g/mol. The van der Waals surface area contributed by atoms with Gasteiger partial charge in [0.15, 0.2) is 5.11 Å². The van der Waals surface area contributed by atoms with Gasteiger partial charge in [-0.1, -0.05) is 11.6 Å². The van der Waals surface area contributed by atoms with E-state index >= 15 is 0 Å². The molecule has 0 aliphatic carbocycles. The maximum Gasteiger partial charge on any atom is 0.336 e. The van der Waals surface area contributed by atoms with Gasteiger partial charge in [0.05, 0.1) is 16.4 Å². The van der Waals surface area contributed by atoms with Gasteiger partial charge in [0.2, 0.25) is 0 Å². The van der Waals surface area contributed by atoms with E-state index in [0.717, 1.165) is 46.0 Å². The van der Waals surface area contributed by atoms with Crippen LogP contribution in [0.25, 0.3) is 11.0 Å². The van der Waals surface area contributed by atoms with Crippen molar-refractivity contribution in [2.75, 3.05) is 11.9 Å². The number of benzene rings is 1. The van der Waals surface area contributed by atoms with E-state index in [0.29, 0.717) is 17.2 Å². The van der Waals surface area contributed by atoms with Gasteiger partial charge in [0.25, 0.3) is 0 Å². The van der Waals surface area contributed by atoms with E-state index in [1.54, 1.807) is 6.07 Å². The third-order valence-corrected chi connectivity index (χ3v) is 5.13. The minimum atomic E-state index is -0.359. The quantitative estimate of drug-likeness (QED) is 0.381. The Kier molecular flexibility index (Phi) is 5.82. The number of rotatable bonds is 5. The number of aryl methyl sites for hydroxylation is 3. The minimum Gasteiger partial charge on any atom is -0.423 e. The van der Waals surface area contributed by atoms with Crippen molar-refractivity contribution in [3.63, 3.8) is 0 Å². The Morgan fingerprint density at radius 2 is 2.07 bits per heavy atom. The van der Waals surface area contributed by atoms with Crippen molar-refractivity contribution in [2.24, 2.45) is 0 Å². The maximum absolute atomic E-state index is 11.5. The molecule has 27 heavy (non-hydrogen) atoms. The SMILES string of the molecule is Cc1nn(CCCNC(=S)Nc2ccc3c(C)cc(=O)oc3c2)c(C)c1Cl. The summed E-state index contributed by atoms with van der Waals surface area (Å²) in [6, 6.07) is 7.07. The van der Waals surface area contributed by atoms with Gasteiger partial charge in [-0.25, -0.2) is 4.79 Å². The van der Waals surface area contributed by atoms with Crippen LogP contribution in [-0.2, 0) is 6.54 Å². The summed E-state index contributed by atoms with van der Waals surface area (Å²) in [5.41, 5.74) is 3.65. The Hall–Kier alpha value is -2.38. The van der Waals surface area contributed by atoms with Crippen molar-refractivity contribution < 1.29 is 4.42 Å². The predicted molar refractivity (Wildman–Crippen MR) is 113 cm³/mol. The van der Waals surface area contributed by atoms with Crippen LogP contribution in [0.1, 0.15) is 23.4 Å². The fourth-order valence-corrected chi connectivity index (χ4v) is 3.26. The molecule has 0 saturated heterocycles. The summed E-state index contributed by atoms with van der Waals surface area (Å²) in [5, 5.41) is 12.8. The molecule has 0 unspecified atom stereocenters. The molecule has 142 valence electrons. The Balaban J connectivity index is 1.54. The van der Waals surface area contributed by atoms with Crippen molar-refractivity contribution in [3.8, 4) is 0 Å². The van der Waals surface area contributed by atoms with Crippen LogP contribution < -0.4 is 16.3 Å². The van der Waals surface area contributed by atoms with Crippen molar-refractivity contribution in [1.82, 2.24) is 15.1 Å². The molecule has 2 aromatic heterocycles. The first-order chi connectivity index (χ1) is 12.8. The highest BCUT2D eigenvalue weighted by Crippen LogP contribution is 2.21. The van der Waals surface area contributed by atoms with Crippen LogP contribution in [0.3, 0.4) is 0 Å². The number of hydrogen-bond acceptors (Lipinski definition) is 4. The molecular formula is C19H21ClN4O2S. The second-order valence-corrected chi connectivity index (χ2v) is 7.19. The predicted octanol–water partition coefficient (Wildman–Crippen LogP) is 3.94. The summed E-state index contributed by atoms with van der Waals surface area (Å²) in [5.74, 6) is 0. The topological polar surface area (TPSA) is 72.1 Å². The van der Waals surface area contributed by atoms with Gasteiger partial charge < -0.3 is 15.1 Å². The molecule has 2 heterocycles. The van der Waals surface area contributed by atoms with E-state index in [9.17, 15) is 4.79 Å². The number of thiocarbonyl (C=S) groups is 1. The van der Waals surface area contributed by atoms with Crippen LogP contribution in [0.4, 0.5) is 5.69 Å². The van der Waals surface area contributed by atoms with Crippen LogP contribution in [0.5, 0.6) is 0 Å². The maximum atomic E-state index is 11.5. The number of anilines is 1. The number of nitrogens with zero attached hydrogens (tertiary/aromatic N) is 2. The third-order valence-electron chi connectivity index (χ3n) is 4.33. The van der Waals surface area contributed by atoms with Gasteiger partial charge in [0, 0.05) is 36.3 Å². The first kappa shape index (κ1) is 19.4. The molecular weight excluding hydrogens is 384 g/mol. The van der Waals surface area contributed by atoms with E-state index in [-0.39, 0.29) is 5.63 Å². The molecule has 0 radical (unpaired) electrons. The first-order valence-corrected chi connectivity index (χ1v) is 9.42. The largest absolute Gasteiger partial charge is 0.423 e. The zero-order chi connectivity index (χ0) is 19.6. The van der Waals surface area contributed by atoms with E-state index in [2.05, 4.69) is 15.7 Å². The first-order valence-electron chi connectivity index (χ1n) is 8.64. The van der Waals surface area contributed by atoms with Gasteiger partial charge >= 0.3 is 5.63 Å². The molecule has 0 spiro atoms. The summed E-state index contributed by atoms with van der Waals surface area (Å²) >= 11 is 11.5. The standard InChI is InChI=1S/C19H21ClN4O2S/c1-11-9-17(25)26-16-10-14(5-6-15(11)16)22-19(27)21-7-4-8-24-13(3)18(20)12(2)23-24/h5-6,9-10H,4,7-8H2,1-3H3,(H2,21,22,27). The highest BCUT2D eigenvalue weighted by Gasteiger charge is 2.08. The van der Waals surface area contributed by atoms with Gasteiger partial charge in [-0.15, -0.1) is 0 Å². The number of hydrogen-bond donors (Lipinski definition) is 2. The summed E-state index contributed by atoms with van der Waals surface area (Å²) in [7, 11) is 0. The van der Waals surface area contributed by atoms with Crippen LogP contribution in [0, 0.1) is 20.8 Å². The molecule has 1 aromatic carbocycles. The number of aromatic nitrogens is 2. The average Bonchev–Trinajstić information content (AvgIpc) is 2.85. The molecule has 0 aliphatic rings. The second-order valence-electron chi connectivity index (χ2n) is 6.40. The molecule has 0 fully saturated rings. The summed E-state index contributed by atoms with van der Waals surface area (Å²) < 4.78 is 7.16. The third kappa shape index (κ3) is 4.48. The average molecular weight is 405 g/mol. The normalized spacial score (nSPS) is 11.0. The zero-order valence-corrected chi connectivity index (χ0v) is 17.0. The van der Waals surface area contributed by atoms with Crippen molar-refractivity contribution in [2.45, 2.75) is 33.7 Å². The van der Waals surface area contributed by atoms with Gasteiger partial charge in [-0.2, -0.15) is 5.10 Å². The number of nitrogens with one attached hydrogen (secondary N) is 2. The lowest BCUT2D eigenvalue weighted by atomic mass is 10.1. The highest BCUT2D eigenvalue weighted by molar-refractivity contribution is 7.80. The Labute approximate surface area is 167 Å². The molecule has 8 heteroatoms. The van der Waals surface area contributed by atoms with Crippen molar-refractivity contribution in [1.29, 1.82) is 0 Å². The van der Waals surface area contributed by atoms with Crippen LogP contribution in [0.2, 0.25) is 5.02 Å². The van der Waals surface area contributed by atoms with Crippen LogP contribution in [0.15, 0.2) is 33.5 Å². The van der Waals surface area contributed by atoms with Crippen molar-refractivity contribution >= 4 is 45.6 Å². The summed E-state index contributed by atoms with van der Waals surface area (Å²) in [6.45, 7) is 7.20. The van der Waals surface area contributed by atoms with E-state index < -0.39 is 0 Å². The van der Waals surface area contributed by atoms with Crippen LogP contribution in [-0.4, -0.2) is 21.4 Å². The molecule has 0 amide bonds. The molecule has 0 bridgehead atoms. The minimum absolute atomic E-state index is 0.359. The highest BCUT2D eigenvalue weighted by atomic mass is 35.5. The van der Waals surface area contributed by atoms with Gasteiger partial charge in [-0.05, 0) is 57.1 Å². The molecule has 0 aliphatic heterocycles. The number of fused-ring (bicyclic) bond motifs is 1. The molecule has 0 atom stereocenters. The fourth-order valence-electron chi connectivity index (χ4n) is 2.90. The zero-order valence-electron chi connectivity index (χ0n) is 15.4. The van der Waals surface area contributed by atoms with Gasteiger partial charge in [-0.3, -0.25) is 4.68 Å². The van der Waals surface area contributed by atoms with E-state index in [4.69, 9.17) is 28.2 Å². The molecule has 3 aromatic rings. The fraction of sp³-hybridized carbons (Fsp3) is 0.316. The lowest BCUT2D eigenvalue weighted by molar-refractivity contribution is 0.558. The molecule has 2 N–H and O–H groups in total. The lowest BCUT2D eigenvalue weighted by Gasteiger charge is -2.11. The lowest BCUT2D eigenvalue weighted by Crippen LogP contribution is -2.29. The molecule has 6 nitrogen and oxygen atoms in total. The molecule has 3 rings (SSSR count). The smallest absolute Gasteiger partial charge is 0.336 e. The number of halogens is 1. The van der Waals surface area contributed by atoms with Crippen LogP contribution >= 0.6 is 23.8 Å². The van der Waals surface area contributed by atoms with E-state index in [1.807, 2.05) is 37.6 Å². The summed E-state index contributed by atoms with van der Waals surface area (Å²) in [6.07, 6.45) is 0.853. The Morgan fingerprint density at radius 1 is 1.30 bits per heavy atom. The Bertz CT molecular complexity index is 1060. The summed E-state index contributed by atoms with van der Waals surface area (Å²) in [4.78, 5) is 11.5. The Morgan fingerprint density at radius 3 is 2.78 bits per heavy atom. The van der Waals surface area contributed by atoms with Crippen molar-refractivity contribution in [3.05, 3.63) is 56.7 Å². The van der Waals surface area contributed by atoms with E-state index in [1.165, 1.54) is 6.07 Å².